The first-order valence-electron chi connectivity index (χ1n) is 19.8. The highest BCUT2D eigenvalue weighted by molar-refractivity contribution is 7.86. The molecule has 12 heteroatoms. The number of methoxy groups -OCH3 is 1. The molecule has 4 aromatic rings. The van der Waals surface area contributed by atoms with Crippen molar-refractivity contribution < 1.29 is 45.8 Å². The molecule has 5 unspecified atom stereocenters. The first-order chi connectivity index (χ1) is 27.9. The summed E-state index contributed by atoms with van der Waals surface area (Å²) in [5, 5.41) is 2.65. The summed E-state index contributed by atoms with van der Waals surface area (Å²) >= 11 is 0. The minimum absolute atomic E-state index is 0.00642. The Kier molecular flexibility index (Phi) is 18.5. The lowest BCUT2D eigenvalue weighted by atomic mass is 9.98. The van der Waals surface area contributed by atoms with Crippen molar-refractivity contribution in [3.05, 3.63) is 132 Å². The van der Waals surface area contributed by atoms with Crippen molar-refractivity contribution in [2.75, 3.05) is 27.4 Å². The summed E-state index contributed by atoms with van der Waals surface area (Å²) in [6.07, 6.45) is 3.75. The maximum Gasteiger partial charge on any atom is 0.297 e. The Labute approximate surface area is 338 Å². The van der Waals surface area contributed by atoms with E-state index in [9.17, 15) is 13.2 Å². The lowest BCUT2D eigenvalue weighted by Crippen LogP contribution is -2.61. The first kappa shape index (κ1) is 44.0. The van der Waals surface area contributed by atoms with Crippen molar-refractivity contribution >= 4 is 16.0 Å². The van der Waals surface area contributed by atoms with Crippen molar-refractivity contribution in [3.8, 4) is 5.75 Å². The normalized spacial score (nSPS) is 19.6. The van der Waals surface area contributed by atoms with Gasteiger partial charge in [0.15, 0.2) is 6.29 Å². The molecule has 1 fully saturated rings. The monoisotopic (exact) mass is 803 g/mol. The maximum atomic E-state index is 13.5. The van der Waals surface area contributed by atoms with Crippen LogP contribution in [0, 0.1) is 0 Å². The topological polar surface area (TPSA) is 128 Å². The van der Waals surface area contributed by atoms with Gasteiger partial charge in [-0.3, -0.25) is 8.98 Å². The Bertz CT molecular complexity index is 1810. The first-order valence-corrected chi connectivity index (χ1v) is 21.2. The van der Waals surface area contributed by atoms with E-state index in [-0.39, 0.29) is 37.2 Å². The Morgan fingerprint density at radius 1 is 0.632 bits per heavy atom. The van der Waals surface area contributed by atoms with Crippen LogP contribution in [0.3, 0.4) is 0 Å². The van der Waals surface area contributed by atoms with Gasteiger partial charge in [-0.05, 0) is 53.8 Å². The van der Waals surface area contributed by atoms with E-state index in [4.69, 9.17) is 32.6 Å². The second kappa shape index (κ2) is 23.9. The lowest BCUT2D eigenvalue weighted by Gasteiger charge is -2.45. The quantitative estimate of drug-likeness (QED) is 0.0525. The van der Waals surface area contributed by atoms with Gasteiger partial charge in [0.25, 0.3) is 10.1 Å². The summed E-state index contributed by atoms with van der Waals surface area (Å²) in [4.78, 5) is 11.3. The third-order valence-corrected chi connectivity index (χ3v) is 11.1. The summed E-state index contributed by atoms with van der Waals surface area (Å²) in [5.74, 6) is 0.674. The number of hydrogen-bond donors (Lipinski definition) is 1. The van der Waals surface area contributed by atoms with Gasteiger partial charge in [-0.15, -0.1) is 0 Å². The number of unbranched alkanes of at least 4 members (excludes halogenated alkanes) is 6. The third kappa shape index (κ3) is 14.6. The summed E-state index contributed by atoms with van der Waals surface area (Å²) < 4.78 is 70.5. The molecule has 1 N–H and O–H groups in total. The van der Waals surface area contributed by atoms with Crippen molar-refractivity contribution in [1.82, 2.24) is 5.32 Å². The number of carbonyl (C=O) groups excluding carboxylic acids is 1. The fourth-order valence-electron chi connectivity index (χ4n) is 6.58. The number of benzene rings is 4. The Hall–Kier alpha value is -4.14. The van der Waals surface area contributed by atoms with E-state index >= 15 is 0 Å². The van der Waals surface area contributed by atoms with E-state index < -0.39 is 40.8 Å². The molecule has 0 radical (unpaired) electrons. The molecule has 4 aromatic carbocycles. The number of rotatable bonds is 25. The molecule has 0 aromatic heterocycles. The van der Waals surface area contributed by atoms with Gasteiger partial charge in [-0.2, -0.15) is 8.42 Å². The van der Waals surface area contributed by atoms with E-state index in [1.165, 1.54) is 19.2 Å². The second-order valence-electron chi connectivity index (χ2n) is 14.0. The third-order valence-electron chi connectivity index (χ3n) is 9.77. The minimum Gasteiger partial charge on any atom is -0.494 e. The number of nitrogens with one attached hydrogen (secondary N) is 1. The summed E-state index contributed by atoms with van der Waals surface area (Å²) in [6, 6.07) is 35.5. The Morgan fingerprint density at radius 3 is 1.65 bits per heavy atom. The molecule has 1 aliphatic heterocycles. The summed E-state index contributed by atoms with van der Waals surface area (Å²) in [7, 11) is -1.02. The van der Waals surface area contributed by atoms with Crippen LogP contribution in [0.4, 0.5) is 0 Å². The number of hydrogen-bond acceptors (Lipinski definition) is 10. The molecular weight excluding hydrogens is 747 g/mol. The van der Waals surface area contributed by atoms with Crippen molar-refractivity contribution in [2.24, 2.45) is 0 Å². The maximum absolute atomic E-state index is 13.5. The molecule has 5 rings (SSSR count). The average molecular weight is 804 g/mol. The van der Waals surface area contributed by atoms with Crippen LogP contribution in [-0.2, 0) is 62.6 Å². The van der Waals surface area contributed by atoms with Crippen molar-refractivity contribution in [2.45, 2.75) is 107 Å². The number of carbonyl (C=O) groups is 1. The Balaban J connectivity index is 1.21. The zero-order valence-electron chi connectivity index (χ0n) is 33.0. The fraction of sp³-hybridized carbons (Fsp3) is 0.444. The molecule has 1 aliphatic rings. The summed E-state index contributed by atoms with van der Waals surface area (Å²) in [5.41, 5.74) is 2.84. The van der Waals surface area contributed by atoms with Crippen LogP contribution in [0.2, 0.25) is 0 Å². The van der Waals surface area contributed by atoms with Crippen LogP contribution in [0.15, 0.2) is 120 Å². The smallest absolute Gasteiger partial charge is 0.297 e. The van der Waals surface area contributed by atoms with Gasteiger partial charge < -0.3 is 33.7 Å². The molecule has 308 valence electrons. The summed E-state index contributed by atoms with van der Waals surface area (Å²) in [6.45, 7) is 0.912. The van der Waals surface area contributed by atoms with E-state index in [2.05, 4.69) is 5.32 Å². The predicted molar refractivity (Wildman–Crippen MR) is 217 cm³/mol. The van der Waals surface area contributed by atoms with Crippen LogP contribution in [0.1, 0.15) is 68.1 Å². The van der Waals surface area contributed by atoms with Crippen LogP contribution >= 0.6 is 0 Å². The molecular formula is C45H57NO10S. The predicted octanol–water partition coefficient (Wildman–Crippen LogP) is 7.77. The van der Waals surface area contributed by atoms with Gasteiger partial charge in [0, 0.05) is 20.6 Å². The van der Waals surface area contributed by atoms with Gasteiger partial charge in [-0.25, -0.2) is 0 Å². The molecule has 0 bridgehead atoms. The van der Waals surface area contributed by atoms with Crippen LogP contribution in [0.5, 0.6) is 5.75 Å². The molecule has 0 aliphatic carbocycles. The van der Waals surface area contributed by atoms with Crippen LogP contribution in [-0.4, -0.2) is 72.4 Å². The molecule has 1 amide bonds. The fourth-order valence-corrected chi connectivity index (χ4v) is 7.50. The minimum atomic E-state index is -4.20. The van der Waals surface area contributed by atoms with E-state index in [1.807, 2.05) is 91.0 Å². The van der Waals surface area contributed by atoms with E-state index in [0.717, 1.165) is 61.6 Å². The van der Waals surface area contributed by atoms with Gasteiger partial charge in [0.1, 0.15) is 30.2 Å². The molecule has 1 saturated heterocycles. The molecule has 0 spiro atoms. The van der Waals surface area contributed by atoms with Crippen LogP contribution < -0.4 is 10.1 Å². The van der Waals surface area contributed by atoms with E-state index in [1.54, 1.807) is 19.2 Å². The second-order valence-corrected chi connectivity index (χ2v) is 15.6. The number of amides is 1. The van der Waals surface area contributed by atoms with Gasteiger partial charge in [-0.1, -0.05) is 123 Å². The lowest BCUT2D eigenvalue weighted by molar-refractivity contribution is -0.320. The molecule has 5 atom stereocenters. The largest absolute Gasteiger partial charge is 0.494 e. The SMILES string of the molecule is CNC(=O)CCCCCCCCCOc1ccc(S(=O)(=O)OCC2OC(OC)C(OCc3ccccc3)C(OCc3ccccc3)C2OCc2ccccc2)cc1. The van der Waals surface area contributed by atoms with Crippen LogP contribution in [0.25, 0.3) is 0 Å². The van der Waals surface area contributed by atoms with Gasteiger partial charge in [0.2, 0.25) is 5.91 Å². The zero-order valence-corrected chi connectivity index (χ0v) is 33.9. The highest BCUT2D eigenvalue weighted by Crippen LogP contribution is 2.32. The average Bonchev–Trinajstić information content (AvgIpc) is 3.25. The van der Waals surface area contributed by atoms with Crippen molar-refractivity contribution in [3.63, 3.8) is 0 Å². The van der Waals surface area contributed by atoms with Crippen molar-refractivity contribution in [1.29, 1.82) is 0 Å². The Morgan fingerprint density at radius 2 is 1.12 bits per heavy atom. The molecule has 57 heavy (non-hydrogen) atoms. The zero-order chi connectivity index (χ0) is 40.1. The molecule has 1 heterocycles. The van der Waals surface area contributed by atoms with Gasteiger partial charge >= 0.3 is 0 Å². The highest BCUT2D eigenvalue weighted by Gasteiger charge is 2.49. The standard InChI is InChI=1S/C45H57NO10S/c1-46-41(47)25-17-6-4-3-5-7-18-30-51-38-26-28-39(29-27-38)57(48,49)55-34-40-42(52-31-35-19-11-8-12-20-35)43(53-32-36-21-13-9-14-22-36)44(45(50-2)56-40)54-33-37-23-15-10-16-24-37/h8-16,19-24,26-29,40,42-45H,3-7,17-18,25,30-34H2,1-2H3,(H,46,47). The molecule has 11 nitrogen and oxygen atoms in total. The number of ether oxygens (including phenoxy) is 6. The highest BCUT2D eigenvalue weighted by atomic mass is 32.2. The van der Waals surface area contributed by atoms with E-state index in [0.29, 0.717) is 18.8 Å². The molecule has 0 saturated carbocycles. The van der Waals surface area contributed by atoms with Gasteiger partial charge in [0.05, 0.1) is 37.9 Å².